The third-order valence-electron chi connectivity index (χ3n) is 6.40. The van der Waals surface area contributed by atoms with E-state index in [9.17, 15) is 19.2 Å². The second-order valence-corrected chi connectivity index (χ2v) is 8.49. The number of methoxy groups -OCH3 is 1. The van der Waals surface area contributed by atoms with Crippen LogP contribution in [0.2, 0.25) is 0 Å². The second kappa shape index (κ2) is 8.58. The molecule has 3 fully saturated rings. The zero-order chi connectivity index (χ0) is 21.3. The van der Waals surface area contributed by atoms with E-state index in [1.54, 1.807) is 17.0 Å². The maximum absolute atomic E-state index is 13.3. The quantitative estimate of drug-likeness (QED) is 0.422. The molecule has 1 aliphatic heterocycles. The first-order valence-electron chi connectivity index (χ1n) is 10.9. The van der Waals surface area contributed by atoms with Gasteiger partial charge in [0, 0.05) is 12.0 Å². The number of carbonyl (C=O) groups is 4. The lowest BCUT2D eigenvalue weighted by Gasteiger charge is -2.35. The maximum Gasteiger partial charge on any atom is 0.337 e. The zero-order valence-electron chi connectivity index (χ0n) is 17.3. The van der Waals surface area contributed by atoms with Crippen molar-refractivity contribution in [1.29, 1.82) is 0 Å². The fraction of sp³-hybridized carbons (Fsp3) is 0.565. The van der Waals surface area contributed by atoms with Crippen molar-refractivity contribution in [3.8, 4) is 0 Å². The number of hydrogen-bond donors (Lipinski definition) is 0. The van der Waals surface area contributed by atoms with Crippen LogP contribution in [0.5, 0.6) is 0 Å². The Kier molecular flexibility index (Phi) is 5.88. The fourth-order valence-corrected chi connectivity index (χ4v) is 4.63. The van der Waals surface area contributed by atoms with Crippen molar-refractivity contribution >= 4 is 29.4 Å². The molecule has 1 unspecified atom stereocenters. The minimum Gasteiger partial charge on any atom is -0.465 e. The first-order valence-corrected chi connectivity index (χ1v) is 10.9. The van der Waals surface area contributed by atoms with Crippen molar-refractivity contribution in [2.75, 3.05) is 12.0 Å². The Hall–Kier alpha value is -2.70. The molecule has 3 aliphatic rings. The van der Waals surface area contributed by atoms with Crippen molar-refractivity contribution in [3.63, 3.8) is 0 Å². The first-order chi connectivity index (χ1) is 14.5. The summed E-state index contributed by atoms with van der Waals surface area (Å²) in [4.78, 5) is 53.9. The average molecular weight is 412 g/mol. The molecule has 160 valence electrons. The Labute approximate surface area is 176 Å². The van der Waals surface area contributed by atoms with Gasteiger partial charge in [0.1, 0.15) is 6.04 Å². The summed E-state index contributed by atoms with van der Waals surface area (Å²) in [5, 5.41) is 0. The van der Waals surface area contributed by atoms with Gasteiger partial charge in [-0.2, -0.15) is 0 Å². The summed E-state index contributed by atoms with van der Waals surface area (Å²) in [5.41, 5.74) is 0.765. The number of rotatable bonds is 5. The van der Waals surface area contributed by atoms with Gasteiger partial charge in [0.2, 0.25) is 11.8 Å². The van der Waals surface area contributed by atoms with Gasteiger partial charge in [-0.1, -0.05) is 25.7 Å². The summed E-state index contributed by atoms with van der Waals surface area (Å²) in [5.74, 6) is -1.09. The summed E-state index contributed by atoms with van der Waals surface area (Å²) in [7, 11) is 1.30. The number of benzene rings is 1. The van der Waals surface area contributed by atoms with E-state index in [2.05, 4.69) is 0 Å². The highest BCUT2D eigenvalue weighted by atomic mass is 16.5. The lowest BCUT2D eigenvalue weighted by Crippen LogP contribution is -2.51. The Balaban J connectivity index is 1.58. The predicted octanol–water partition coefficient (Wildman–Crippen LogP) is 3.07. The Morgan fingerprint density at radius 2 is 1.60 bits per heavy atom. The van der Waals surface area contributed by atoms with Gasteiger partial charge in [0.15, 0.2) is 0 Å². The van der Waals surface area contributed by atoms with E-state index in [1.807, 2.05) is 0 Å². The van der Waals surface area contributed by atoms with Gasteiger partial charge in [0.05, 0.1) is 24.8 Å². The van der Waals surface area contributed by atoms with E-state index < -0.39 is 12.0 Å². The lowest BCUT2D eigenvalue weighted by molar-refractivity contribution is -0.142. The average Bonchev–Trinajstić information content (AvgIpc) is 3.58. The molecule has 2 saturated carbocycles. The number of amides is 3. The molecule has 1 heterocycles. The summed E-state index contributed by atoms with van der Waals surface area (Å²) in [6.45, 7) is 0. The summed E-state index contributed by atoms with van der Waals surface area (Å²) < 4.78 is 4.69. The summed E-state index contributed by atoms with van der Waals surface area (Å²) >= 11 is 0. The van der Waals surface area contributed by atoms with Gasteiger partial charge >= 0.3 is 5.97 Å². The number of anilines is 1. The molecule has 30 heavy (non-hydrogen) atoms. The number of imide groups is 1. The van der Waals surface area contributed by atoms with Crippen molar-refractivity contribution in [2.24, 2.45) is 5.92 Å². The highest BCUT2D eigenvalue weighted by Crippen LogP contribution is 2.37. The standard InChI is InChI=1S/C23H28N2O5/c1-30-23(29)16-10-12-18(13-11-16)25-20(26)14-19(22(25)28)24(21(27)15-8-9-15)17-6-4-2-3-5-7-17/h10-13,15,17,19H,2-9,14H2,1H3. The van der Waals surface area contributed by atoms with Crippen LogP contribution >= 0.6 is 0 Å². The monoisotopic (exact) mass is 412 g/mol. The number of hydrogen-bond acceptors (Lipinski definition) is 5. The molecule has 0 N–H and O–H groups in total. The molecule has 7 heteroatoms. The number of nitrogens with zero attached hydrogens (tertiary/aromatic N) is 2. The molecule has 1 saturated heterocycles. The topological polar surface area (TPSA) is 84.0 Å². The molecule has 0 bridgehead atoms. The van der Waals surface area contributed by atoms with Crippen molar-refractivity contribution < 1.29 is 23.9 Å². The van der Waals surface area contributed by atoms with Crippen molar-refractivity contribution in [3.05, 3.63) is 29.8 Å². The van der Waals surface area contributed by atoms with Crippen LogP contribution in [0.3, 0.4) is 0 Å². The van der Waals surface area contributed by atoms with Crippen LogP contribution in [0.25, 0.3) is 0 Å². The molecular formula is C23H28N2O5. The van der Waals surface area contributed by atoms with Crippen molar-refractivity contribution in [1.82, 2.24) is 4.90 Å². The SMILES string of the molecule is COC(=O)c1ccc(N2C(=O)CC(N(C(=O)C3CC3)C3CCCCCC3)C2=O)cc1. The minimum absolute atomic E-state index is 0.00421. The highest BCUT2D eigenvalue weighted by Gasteiger charge is 2.48. The molecule has 2 aliphatic carbocycles. The summed E-state index contributed by atoms with van der Waals surface area (Å²) in [6.07, 6.45) is 7.95. The van der Waals surface area contributed by atoms with Crippen LogP contribution < -0.4 is 4.90 Å². The maximum atomic E-state index is 13.3. The lowest BCUT2D eigenvalue weighted by atomic mass is 10.0. The van der Waals surface area contributed by atoms with Crippen LogP contribution in [0.1, 0.15) is 68.1 Å². The zero-order valence-corrected chi connectivity index (χ0v) is 17.3. The van der Waals surface area contributed by atoms with Crippen LogP contribution in [-0.2, 0) is 19.1 Å². The Bertz CT molecular complexity index is 838. The molecule has 3 amide bonds. The molecular weight excluding hydrogens is 384 g/mol. The number of esters is 1. The van der Waals surface area contributed by atoms with E-state index in [4.69, 9.17) is 4.74 Å². The van der Waals surface area contributed by atoms with Crippen LogP contribution in [0, 0.1) is 5.92 Å². The smallest absolute Gasteiger partial charge is 0.337 e. The normalized spacial score (nSPS) is 22.7. The molecule has 1 aromatic rings. The highest BCUT2D eigenvalue weighted by molar-refractivity contribution is 6.23. The predicted molar refractivity (Wildman–Crippen MR) is 110 cm³/mol. The van der Waals surface area contributed by atoms with Crippen LogP contribution in [0.4, 0.5) is 5.69 Å². The van der Waals surface area contributed by atoms with Gasteiger partial charge in [-0.3, -0.25) is 14.4 Å². The third kappa shape index (κ3) is 3.98. The first kappa shape index (κ1) is 20.6. The second-order valence-electron chi connectivity index (χ2n) is 8.49. The van der Waals surface area contributed by atoms with E-state index in [0.29, 0.717) is 11.3 Å². The Morgan fingerprint density at radius 1 is 0.967 bits per heavy atom. The van der Waals surface area contributed by atoms with E-state index in [-0.39, 0.29) is 36.1 Å². The minimum atomic E-state index is -0.728. The molecule has 0 spiro atoms. The molecule has 0 aromatic heterocycles. The summed E-state index contributed by atoms with van der Waals surface area (Å²) in [6, 6.07) is 5.52. The van der Waals surface area contributed by atoms with Gasteiger partial charge in [-0.25, -0.2) is 9.69 Å². The van der Waals surface area contributed by atoms with Crippen LogP contribution in [-0.4, -0.2) is 47.8 Å². The molecule has 4 rings (SSSR count). The van der Waals surface area contributed by atoms with Crippen molar-refractivity contribution in [2.45, 2.75) is 69.9 Å². The molecule has 1 aromatic carbocycles. The van der Waals surface area contributed by atoms with Crippen LogP contribution in [0.15, 0.2) is 24.3 Å². The molecule has 7 nitrogen and oxygen atoms in total. The number of carbonyl (C=O) groups excluding carboxylic acids is 4. The Morgan fingerprint density at radius 3 is 2.17 bits per heavy atom. The van der Waals surface area contributed by atoms with E-state index >= 15 is 0 Å². The fourth-order valence-electron chi connectivity index (χ4n) is 4.63. The van der Waals surface area contributed by atoms with Gasteiger partial charge in [-0.05, 0) is 49.9 Å². The third-order valence-corrected chi connectivity index (χ3v) is 6.40. The largest absolute Gasteiger partial charge is 0.465 e. The molecule has 1 atom stereocenters. The van der Waals surface area contributed by atoms with E-state index in [0.717, 1.165) is 56.3 Å². The van der Waals surface area contributed by atoms with E-state index in [1.165, 1.54) is 19.2 Å². The van der Waals surface area contributed by atoms with Gasteiger partial charge < -0.3 is 9.64 Å². The number of ether oxygens (including phenoxy) is 1. The van der Waals surface area contributed by atoms with Gasteiger partial charge in [0.25, 0.3) is 5.91 Å². The van der Waals surface area contributed by atoms with Gasteiger partial charge in [-0.15, -0.1) is 0 Å². The molecule has 0 radical (unpaired) electrons.